The molecule has 0 amide bonds. The predicted molar refractivity (Wildman–Crippen MR) is 78.2 cm³/mol. The lowest BCUT2D eigenvalue weighted by Crippen LogP contribution is -1.81. The van der Waals surface area contributed by atoms with E-state index in [1.54, 1.807) is 11.8 Å². The molecule has 0 unspecified atom stereocenters. The van der Waals surface area contributed by atoms with Crippen molar-refractivity contribution in [3.8, 4) is 11.3 Å². The molecule has 2 aromatic carbocycles. The van der Waals surface area contributed by atoms with Crippen LogP contribution in [0.25, 0.3) is 22.3 Å². The van der Waals surface area contributed by atoms with Crippen molar-refractivity contribution in [1.29, 1.82) is 0 Å². The molecular formula is C16H14OS. The Morgan fingerprint density at radius 1 is 0.944 bits per heavy atom. The molecule has 2 heteroatoms. The van der Waals surface area contributed by atoms with Crippen LogP contribution in [0.4, 0.5) is 0 Å². The Morgan fingerprint density at radius 3 is 2.44 bits per heavy atom. The molecule has 0 aliphatic rings. The number of fused-ring (bicyclic) bond motifs is 1. The zero-order valence-electron chi connectivity index (χ0n) is 10.4. The maximum atomic E-state index is 6.04. The van der Waals surface area contributed by atoms with E-state index in [0.29, 0.717) is 0 Å². The summed E-state index contributed by atoms with van der Waals surface area (Å²) < 4.78 is 6.04. The molecule has 1 heterocycles. The van der Waals surface area contributed by atoms with E-state index in [0.717, 1.165) is 11.3 Å². The van der Waals surface area contributed by atoms with Gasteiger partial charge in [0.15, 0.2) is 0 Å². The topological polar surface area (TPSA) is 13.1 Å². The normalized spacial score (nSPS) is 11.0. The molecule has 0 N–H and O–H groups in total. The van der Waals surface area contributed by atoms with Crippen molar-refractivity contribution in [1.82, 2.24) is 0 Å². The number of thioether (sulfide) groups is 1. The van der Waals surface area contributed by atoms with Crippen LogP contribution in [-0.4, -0.2) is 6.26 Å². The van der Waals surface area contributed by atoms with Gasteiger partial charge in [0.05, 0.1) is 4.90 Å². The summed E-state index contributed by atoms with van der Waals surface area (Å²) in [5.41, 5.74) is 3.38. The van der Waals surface area contributed by atoms with E-state index < -0.39 is 0 Å². The molecule has 3 rings (SSSR count). The molecule has 0 radical (unpaired) electrons. The van der Waals surface area contributed by atoms with Crippen LogP contribution in [0.1, 0.15) is 5.56 Å². The summed E-state index contributed by atoms with van der Waals surface area (Å²) in [5.74, 6) is 0.988. The van der Waals surface area contributed by atoms with Crippen molar-refractivity contribution >= 4 is 22.7 Å². The van der Waals surface area contributed by atoms with Crippen molar-refractivity contribution in [2.24, 2.45) is 0 Å². The molecule has 1 aromatic heterocycles. The van der Waals surface area contributed by atoms with E-state index >= 15 is 0 Å². The Balaban J connectivity index is 2.32. The van der Waals surface area contributed by atoms with Crippen LogP contribution < -0.4 is 0 Å². The van der Waals surface area contributed by atoms with E-state index in [4.69, 9.17) is 4.42 Å². The minimum atomic E-state index is 0.958. The van der Waals surface area contributed by atoms with Crippen LogP contribution in [-0.2, 0) is 0 Å². The van der Waals surface area contributed by atoms with Crippen LogP contribution in [0.5, 0.6) is 0 Å². The summed E-state index contributed by atoms with van der Waals surface area (Å²) in [6.45, 7) is 2.12. The van der Waals surface area contributed by atoms with Gasteiger partial charge in [-0.25, -0.2) is 0 Å². The summed E-state index contributed by atoms with van der Waals surface area (Å²) >= 11 is 1.74. The highest BCUT2D eigenvalue weighted by molar-refractivity contribution is 7.99. The van der Waals surface area contributed by atoms with Crippen LogP contribution in [0.15, 0.2) is 57.8 Å². The molecule has 90 valence electrons. The number of rotatable bonds is 2. The second-order valence-electron chi connectivity index (χ2n) is 4.28. The Morgan fingerprint density at radius 2 is 1.67 bits per heavy atom. The molecular weight excluding hydrogens is 240 g/mol. The van der Waals surface area contributed by atoms with Crippen molar-refractivity contribution in [2.75, 3.05) is 6.26 Å². The van der Waals surface area contributed by atoms with Gasteiger partial charge in [0.1, 0.15) is 11.3 Å². The molecule has 0 aliphatic carbocycles. The fourth-order valence-corrected chi connectivity index (χ4v) is 2.96. The first-order valence-electron chi connectivity index (χ1n) is 5.93. The van der Waals surface area contributed by atoms with Crippen molar-refractivity contribution in [2.45, 2.75) is 11.8 Å². The maximum absolute atomic E-state index is 6.04. The first kappa shape index (κ1) is 11.4. The maximum Gasteiger partial charge on any atom is 0.149 e. The fraction of sp³-hybridized carbons (Fsp3) is 0.125. The van der Waals surface area contributed by atoms with Gasteiger partial charge in [-0.15, -0.1) is 11.8 Å². The molecule has 0 bridgehead atoms. The highest BCUT2D eigenvalue weighted by Crippen LogP contribution is 2.40. The van der Waals surface area contributed by atoms with Crippen LogP contribution in [0.3, 0.4) is 0 Å². The zero-order chi connectivity index (χ0) is 12.5. The van der Waals surface area contributed by atoms with Gasteiger partial charge < -0.3 is 4.42 Å². The lowest BCUT2D eigenvalue weighted by atomic mass is 10.1. The van der Waals surface area contributed by atoms with E-state index in [2.05, 4.69) is 49.6 Å². The third-order valence-corrected chi connectivity index (χ3v) is 3.96. The van der Waals surface area contributed by atoms with Gasteiger partial charge in [-0.2, -0.15) is 0 Å². The summed E-state index contributed by atoms with van der Waals surface area (Å²) in [7, 11) is 0. The van der Waals surface area contributed by atoms with E-state index in [-0.39, 0.29) is 0 Å². The molecule has 0 fully saturated rings. The second-order valence-corrected chi connectivity index (χ2v) is 5.09. The average molecular weight is 254 g/mol. The monoisotopic (exact) mass is 254 g/mol. The zero-order valence-corrected chi connectivity index (χ0v) is 11.3. The van der Waals surface area contributed by atoms with Gasteiger partial charge in [-0.3, -0.25) is 0 Å². The Kier molecular flexibility index (Phi) is 2.88. The number of benzene rings is 2. The van der Waals surface area contributed by atoms with Gasteiger partial charge in [0.2, 0.25) is 0 Å². The molecule has 0 atom stereocenters. The SMILES string of the molecule is CSc1c(-c2ccccc2C)oc2ccccc12. The molecule has 3 aromatic rings. The Hall–Kier alpha value is -1.67. The number of hydrogen-bond acceptors (Lipinski definition) is 2. The highest BCUT2D eigenvalue weighted by Gasteiger charge is 2.15. The molecule has 1 nitrogen and oxygen atoms in total. The van der Waals surface area contributed by atoms with Gasteiger partial charge >= 0.3 is 0 Å². The number of hydrogen-bond donors (Lipinski definition) is 0. The van der Waals surface area contributed by atoms with Gasteiger partial charge in [-0.05, 0) is 30.9 Å². The van der Waals surface area contributed by atoms with E-state index in [1.807, 2.05) is 12.1 Å². The lowest BCUT2D eigenvalue weighted by molar-refractivity contribution is 0.624. The minimum absolute atomic E-state index is 0.958. The number of furan rings is 1. The average Bonchev–Trinajstić information content (AvgIpc) is 2.77. The second kappa shape index (κ2) is 4.54. The molecule has 0 saturated heterocycles. The summed E-state index contributed by atoms with van der Waals surface area (Å²) in [5, 5.41) is 1.20. The first-order chi connectivity index (χ1) is 8.81. The smallest absolute Gasteiger partial charge is 0.149 e. The fourth-order valence-electron chi connectivity index (χ4n) is 2.23. The molecule has 0 spiro atoms. The standard InChI is InChI=1S/C16H14OS/c1-11-7-3-4-8-12(11)15-16(18-2)13-9-5-6-10-14(13)17-15/h3-10H,1-2H3. The third-order valence-electron chi connectivity index (χ3n) is 3.14. The van der Waals surface area contributed by atoms with Crippen LogP contribution in [0.2, 0.25) is 0 Å². The molecule has 0 saturated carbocycles. The Bertz CT molecular complexity index is 697. The summed E-state index contributed by atoms with van der Waals surface area (Å²) in [4.78, 5) is 1.22. The van der Waals surface area contributed by atoms with Crippen molar-refractivity contribution < 1.29 is 4.42 Å². The van der Waals surface area contributed by atoms with Crippen LogP contribution in [0, 0.1) is 6.92 Å². The van der Waals surface area contributed by atoms with Gasteiger partial charge in [0, 0.05) is 10.9 Å². The quantitative estimate of drug-likeness (QED) is 0.588. The molecule has 18 heavy (non-hydrogen) atoms. The van der Waals surface area contributed by atoms with E-state index in [9.17, 15) is 0 Å². The lowest BCUT2D eigenvalue weighted by Gasteiger charge is -2.03. The van der Waals surface area contributed by atoms with Crippen LogP contribution >= 0.6 is 11.8 Å². The van der Waals surface area contributed by atoms with Gasteiger partial charge in [0.25, 0.3) is 0 Å². The highest BCUT2D eigenvalue weighted by atomic mass is 32.2. The summed E-state index contributed by atoms with van der Waals surface area (Å²) in [6.07, 6.45) is 2.10. The van der Waals surface area contributed by atoms with E-state index in [1.165, 1.54) is 21.4 Å². The number of aryl methyl sites for hydroxylation is 1. The van der Waals surface area contributed by atoms with Gasteiger partial charge in [-0.1, -0.05) is 36.4 Å². The largest absolute Gasteiger partial charge is 0.455 e. The number of para-hydroxylation sites is 1. The minimum Gasteiger partial charge on any atom is -0.455 e. The molecule has 0 aliphatic heterocycles. The van der Waals surface area contributed by atoms with Crippen molar-refractivity contribution in [3.63, 3.8) is 0 Å². The Labute approximate surface area is 111 Å². The third kappa shape index (κ3) is 1.73. The first-order valence-corrected chi connectivity index (χ1v) is 7.15. The summed E-state index contributed by atoms with van der Waals surface area (Å²) in [6, 6.07) is 16.6. The van der Waals surface area contributed by atoms with Crippen molar-refractivity contribution in [3.05, 3.63) is 54.1 Å². The predicted octanol–water partition coefficient (Wildman–Crippen LogP) is 5.13.